The Balaban J connectivity index is 1.38. The van der Waals surface area contributed by atoms with Crippen LogP contribution in [0.4, 0.5) is 5.95 Å². The molecule has 0 radical (unpaired) electrons. The maximum atomic E-state index is 13.0. The Kier molecular flexibility index (Phi) is 3.57. The molecule has 3 fully saturated rings. The summed E-state index contributed by atoms with van der Waals surface area (Å²) < 4.78 is 1.74. The Morgan fingerprint density at radius 3 is 2.56 bits per heavy atom. The van der Waals surface area contributed by atoms with Gasteiger partial charge in [-0.2, -0.15) is 4.98 Å². The quantitative estimate of drug-likeness (QED) is 0.512. The largest absolute Gasteiger partial charge is 0.477 e. The summed E-state index contributed by atoms with van der Waals surface area (Å²) in [7, 11) is 0. The van der Waals surface area contributed by atoms with Gasteiger partial charge in [0.2, 0.25) is 11.4 Å². The topological polar surface area (TPSA) is 107 Å². The minimum Gasteiger partial charge on any atom is -0.477 e. The number of carbonyl (C=O) groups is 1. The van der Waals surface area contributed by atoms with Crippen molar-refractivity contribution in [1.29, 1.82) is 0 Å². The molecular formula is C23H22N6O3. The second-order valence-corrected chi connectivity index (χ2v) is 9.35. The van der Waals surface area contributed by atoms with Crippen LogP contribution in [-0.4, -0.2) is 67.5 Å². The molecule has 7 rings (SSSR count). The molecule has 2 unspecified atom stereocenters. The average molecular weight is 430 g/mol. The van der Waals surface area contributed by atoms with Gasteiger partial charge in [-0.05, 0) is 36.8 Å². The van der Waals surface area contributed by atoms with Gasteiger partial charge in [0.25, 0.3) is 0 Å². The van der Waals surface area contributed by atoms with Crippen molar-refractivity contribution in [1.82, 2.24) is 24.3 Å². The smallest absolute Gasteiger partial charge is 0.343 e. The monoisotopic (exact) mass is 430 g/mol. The predicted octanol–water partition coefficient (Wildman–Crippen LogP) is 1.95. The molecule has 1 saturated carbocycles. The lowest BCUT2D eigenvalue weighted by Gasteiger charge is -2.21. The van der Waals surface area contributed by atoms with Crippen molar-refractivity contribution in [3.05, 3.63) is 46.2 Å². The van der Waals surface area contributed by atoms with Crippen molar-refractivity contribution in [2.45, 2.75) is 18.9 Å². The number of nitrogens with zero attached hydrogens (tertiary/aromatic N) is 5. The van der Waals surface area contributed by atoms with Crippen LogP contribution >= 0.6 is 0 Å². The molecular weight excluding hydrogens is 408 g/mol. The van der Waals surface area contributed by atoms with Gasteiger partial charge < -0.3 is 15.0 Å². The number of nitrogens with one attached hydrogen (secondary N) is 1. The molecule has 9 nitrogen and oxygen atoms in total. The number of hydrogen-bond donors (Lipinski definition) is 2. The van der Waals surface area contributed by atoms with Gasteiger partial charge in [-0.1, -0.05) is 12.1 Å². The summed E-state index contributed by atoms with van der Waals surface area (Å²) in [5.41, 5.74) is 1.36. The summed E-state index contributed by atoms with van der Waals surface area (Å²) in [5.74, 6) is 0.587. The van der Waals surface area contributed by atoms with E-state index in [1.54, 1.807) is 4.40 Å². The first kappa shape index (κ1) is 18.1. The minimum atomic E-state index is -1.27. The molecule has 3 aliphatic rings. The van der Waals surface area contributed by atoms with Crippen molar-refractivity contribution < 1.29 is 9.90 Å². The van der Waals surface area contributed by atoms with E-state index in [0.29, 0.717) is 23.4 Å². The third kappa shape index (κ3) is 2.48. The lowest BCUT2D eigenvalue weighted by molar-refractivity contribution is 0.0697. The number of pyridine rings is 1. The number of aromatic nitrogens is 4. The molecule has 1 aliphatic carbocycles. The first-order valence-corrected chi connectivity index (χ1v) is 11.1. The molecule has 5 heterocycles. The first-order chi connectivity index (χ1) is 15.6. The van der Waals surface area contributed by atoms with Gasteiger partial charge in [0.15, 0.2) is 5.65 Å². The molecule has 1 aromatic carbocycles. The normalized spacial score (nSPS) is 23.6. The van der Waals surface area contributed by atoms with Crippen LogP contribution < -0.4 is 10.3 Å². The fraction of sp³-hybridized carbons (Fsp3) is 0.391. The number of rotatable bonds is 3. The van der Waals surface area contributed by atoms with E-state index in [2.05, 4.69) is 19.8 Å². The molecule has 32 heavy (non-hydrogen) atoms. The van der Waals surface area contributed by atoms with Gasteiger partial charge in [-0.25, -0.2) is 9.78 Å². The minimum absolute atomic E-state index is 0.215. The van der Waals surface area contributed by atoms with Gasteiger partial charge >= 0.3 is 5.97 Å². The summed E-state index contributed by atoms with van der Waals surface area (Å²) in [6.45, 7) is 4.12. The summed E-state index contributed by atoms with van der Waals surface area (Å²) in [4.78, 5) is 42.3. The van der Waals surface area contributed by atoms with Crippen LogP contribution in [0.5, 0.6) is 0 Å². The average Bonchev–Trinajstić information content (AvgIpc) is 3.27. The van der Waals surface area contributed by atoms with Crippen LogP contribution in [0.25, 0.3) is 27.7 Å². The molecule has 2 N–H and O–H groups in total. The zero-order chi connectivity index (χ0) is 21.6. The van der Waals surface area contributed by atoms with Crippen molar-refractivity contribution in [3.8, 4) is 0 Å². The third-order valence-electron chi connectivity index (χ3n) is 7.37. The van der Waals surface area contributed by atoms with E-state index in [1.807, 2.05) is 24.3 Å². The number of anilines is 1. The standard InChI is InChI=1S/C23H22N6O3/c30-19-15-7-24-23(28-10-12-8-27(14-5-6-14)9-13(12)11-28)26-20(15)29-17-4-2-1-3-16(17)25-21(29)18(19)22(31)32/h1-4,7,12-14,25H,5-6,8-11H2,(H,31,32). The predicted molar refractivity (Wildman–Crippen MR) is 119 cm³/mol. The third-order valence-corrected chi connectivity index (χ3v) is 7.37. The number of benzene rings is 1. The van der Waals surface area contributed by atoms with Crippen LogP contribution in [0, 0.1) is 11.8 Å². The second-order valence-electron chi connectivity index (χ2n) is 9.35. The van der Waals surface area contributed by atoms with Crippen LogP contribution in [0.1, 0.15) is 23.2 Å². The molecule has 0 amide bonds. The van der Waals surface area contributed by atoms with Crippen molar-refractivity contribution >= 4 is 39.6 Å². The van der Waals surface area contributed by atoms with Crippen molar-refractivity contribution in [2.75, 3.05) is 31.1 Å². The molecule has 2 saturated heterocycles. The number of aromatic carboxylic acids is 1. The maximum Gasteiger partial charge on any atom is 0.343 e. The van der Waals surface area contributed by atoms with Crippen LogP contribution in [-0.2, 0) is 0 Å². The van der Waals surface area contributed by atoms with Crippen LogP contribution in [0.3, 0.4) is 0 Å². The summed E-state index contributed by atoms with van der Waals surface area (Å²) in [6.07, 6.45) is 4.17. The lowest BCUT2D eigenvalue weighted by Crippen LogP contribution is -2.31. The highest BCUT2D eigenvalue weighted by Crippen LogP contribution is 2.38. The number of H-pyrrole nitrogens is 1. The van der Waals surface area contributed by atoms with E-state index in [-0.39, 0.29) is 16.6 Å². The van der Waals surface area contributed by atoms with Gasteiger partial charge in [-0.3, -0.25) is 14.1 Å². The second kappa shape index (κ2) is 6.29. The summed E-state index contributed by atoms with van der Waals surface area (Å²) in [5, 5.41) is 9.96. The van der Waals surface area contributed by atoms with Gasteiger partial charge in [0.05, 0.1) is 16.4 Å². The molecule has 3 aromatic heterocycles. The fourth-order valence-corrected chi connectivity index (χ4v) is 5.69. The molecule has 162 valence electrons. The Bertz CT molecular complexity index is 1470. The fourth-order valence-electron chi connectivity index (χ4n) is 5.69. The van der Waals surface area contributed by atoms with Crippen LogP contribution in [0.15, 0.2) is 35.3 Å². The number of carboxylic acids is 1. The number of para-hydroxylation sites is 2. The molecule has 0 spiro atoms. The number of aromatic amines is 1. The summed E-state index contributed by atoms with van der Waals surface area (Å²) >= 11 is 0. The molecule has 2 atom stereocenters. The van der Waals surface area contributed by atoms with E-state index in [4.69, 9.17) is 4.98 Å². The van der Waals surface area contributed by atoms with Gasteiger partial charge in [0, 0.05) is 38.4 Å². The maximum absolute atomic E-state index is 13.0. The van der Waals surface area contributed by atoms with Crippen LogP contribution in [0.2, 0.25) is 0 Å². The Hall–Kier alpha value is -3.46. The summed E-state index contributed by atoms with van der Waals surface area (Å²) in [6, 6.07) is 8.31. The SMILES string of the molecule is O=C(O)c1c(=O)c2cnc(N3CC4CN(C5CC5)CC4C3)nc2n2c1[nH]c1ccccc12. The highest BCUT2D eigenvalue weighted by molar-refractivity contribution is 6.02. The number of imidazole rings is 1. The van der Waals surface area contributed by atoms with E-state index in [0.717, 1.165) is 43.3 Å². The molecule has 0 bridgehead atoms. The number of hydrogen-bond acceptors (Lipinski definition) is 6. The van der Waals surface area contributed by atoms with E-state index in [1.165, 1.54) is 19.0 Å². The number of fused-ring (bicyclic) bond motifs is 6. The van der Waals surface area contributed by atoms with Crippen molar-refractivity contribution in [2.24, 2.45) is 11.8 Å². The van der Waals surface area contributed by atoms with E-state index >= 15 is 0 Å². The molecule has 4 aromatic rings. The highest BCUT2D eigenvalue weighted by Gasteiger charge is 2.44. The molecule has 9 heteroatoms. The Labute approximate surface area is 182 Å². The highest BCUT2D eigenvalue weighted by atomic mass is 16.4. The number of carboxylic acid groups (broad SMARTS) is 1. The first-order valence-electron chi connectivity index (χ1n) is 11.1. The van der Waals surface area contributed by atoms with E-state index in [9.17, 15) is 14.7 Å². The Morgan fingerprint density at radius 2 is 1.84 bits per heavy atom. The number of likely N-dealkylation sites (tertiary alicyclic amines) is 1. The van der Waals surface area contributed by atoms with E-state index < -0.39 is 11.4 Å². The zero-order valence-corrected chi connectivity index (χ0v) is 17.4. The van der Waals surface area contributed by atoms with Gasteiger partial charge in [0.1, 0.15) is 11.2 Å². The van der Waals surface area contributed by atoms with Crippen molar-refractivity contribution in [3.63, 3.8) is 0 Å². The lowest BCUT2D eigenvalue weighted by atomic mass is 10.0. The zero-order valence-electron chi connectivity index (χ0n) is 17.4. The van der Waals surface area contributed by atoms with Gasteiger partial charge in [-0.15, -0.1) is 0 Å². The molecule has 2 aliphatic heterocycles. The Morgan fingerprint density at radius 1 is 1.09 bits per heavy atom.